The Balaban J connectivity index is 1.79. The van der Waals surface area contributed by atoms with Gasteiger partial charge in [-0.25, -0.2) is 0 Å². The molecule has 1 amide bonds. The standard InChI is InChI=1S/C15H27N3O3/c1-12(15(21)17-6-2-3-7-17)18-8-4-5-13(11-18)9-16-10-14(19)20/h12-13,16H,2-11H2,1H3,(H,19,20). The van der Waals surface area contributed by atoms with Crippen molar-refractivity contribution in [3.63, 3.8) is 0 Å². The van der Waals surface area contributed by atoms with Gasteiger partial charge < -0.3 is 15.3 Å². The summed E-state index contributed by atoms with van der Waals surface area (Å²) in [6.07, 6.45) is 4.44. The highest BCUT2D eigenvalue weighted by atomic mass is 16.4. The highest BCUT2D eigenvalue weighted by Gasteiger charge is 2.30. The van der Waals surface area contributed by atoms with Crippen LogP contribution >= 0.6 is 0 Å². The van der Waals surface area contributed by atoms with Crippen LogP contribution in [0.15, 0.2) is 0 Å². The highest BCUT2D eigenvalue weighted by Crippen LogP contribution is 2.20. The van der Waals surface area contributed by atoms with Gasteiger partial charge >= 0.3 is 5.97 Å². The molecular formula is C15H27N3O3. The molecule has 2 atom stereocenters. The fraction of sp³-hybridized carbons (Fsp3) is 0.867. The molecule has 2 saturated heterocycles. The minimum atomic E-state index is -0.819. The zero-order valence-corrected chi connectivity index (χ0v) is 12.9. The average molecular weight is 297 g/mol. The van der Waals surface area contributed by atoms with Gasteiger partial charge in [0.1, 0.15) is 0 Å². The third-order valence-corrected chi connectivity index (χ3v) is 4.58. The third kappa shape index (κ3) is 4.68. The van der Waals surface area contributed by atoms with E-state index >= 15 is 0 Å². The summed E-state index contributed by atoms with van der Waals surface area (Å²) in [6, 6.07) is -0.0506. The van der Waals surface area contributed by atoms with E-state index in [2.05, 4.69) is 10.2 Å². The second kappa shape index (κ2) is 7.75. The van der Waals surface area contributed by atoms with Crippen LogP contribution < -0.4 is 5.32 Å². The van der Waals surface area contributed by atoms with E-state index in [1.54, 1.807) is 0 Å². The van der Waals surface area contributed by atoms with Crippen molar-refractivity contribution < 1.29 is 14.7 Å². The number of carbonyl (C=O) groups is 2. The Morgan fingerprint density at radius 1 is 1.24 bits per heavy atom. The summed E-state index contributed by atoms with van der Waals surface area (Å²) in [4.78, 5) is 27.2. The molecule has 0 spiro atoms. The molecule has 2 aliphatic rings. The molecule has 21 heavy (non-hydrogen) atoms. The smallest absolute Gasteiger partial charge is 0.317 e. The van der Waals surface area contributed by atoms with E-state index in [1.807, 2.05) is 11.8 Å². The van der Waals surface area contributed by atoms with Crippen LogP contribution in [0.5, 0.6) is 0 Å². The minimum Gasteiger partial charge on any atom is -0.480 e. The Labute approximate surface area is 126 Å². The van der Waals surface area contributed by atoms with Gasteiger partial charge in [0.25, 0.3) is 0 Å². The predicted molar refractivity (Wildman–Crippen MR) is 80.1 cm³/mol. The second-order valence-electron chi connectivity index (χ2n) is 6.24. The summed E-state index contributed by atoms with van der Waals surface area (Å²) in [7, 11) is 0. The van der Waals surface area contributed by atoms with Crippen LogP contribution in [0.3, 0.4) is 0 Å². The molecule has 2 heterocycles. The Morgan fingerprint density at radius 2 is 1.95 bits per heavy atom. The van der Waals surface area contributed by atoms with Crippen LogP contribution in [0.4, 0.5) is 0 Å². The molecule has 0 aliphatic carbocycles. The molecule has 0 saturated carbocycles. The van der Waals surface area contributed by atoms with Crippen LogP contribution in [0.2, 0.25) is 0 Å². The molecule has 0 aromatic heterocycles. The first-order valence-corrected chi connectivity index (χ1v) is 8.03. The van der Waals surface area contributed by atoms with Crippen molar-refractivity contribution in [2.75, 3.05) is 39.3 Å². The molecule has 0 aromatic rings. The molecule has 6 heteroatoms. The summed E-state index contributed by atoms with van der Waals surface area (Å²) in [5.74, 6) is -0.126. The fourth-order valence-corrected chi connectivity index (χ4v) is 3.36. The van der Waals surface area contributed by atoms with Crippen LogP contribution in [0.25, 0.3) is 0 Å². The number of hydrogen-bond donors (Lipinski definition) is 2. The van der Waals surface area contributed by atoms with E-state index in [1.165, 1.54) is 0 Å². The lowest BCUT2D eigenvalue weighted by Gasteiger charge is -2.37. The molecule has 2 rings (SSSR count). The number of aliphatic carboxylic acids is 1. The maximum atomic E-state index is 12.4. The van der Waals surface area contributed by atoms with E-state index in [9.17, 15) is 9.59 Å². The van der Waals surface area contributed by atoms with Gasteiger partial charge in [-0.1, -0.05) is 0 Å². The molecule has 0 radical (unpaired) electrons. The van der Waals surface area contributed by atoms with Crippen molar-refractivity contribution in [1.82, 2.24) is 15.1 Å². The van der Waals surface area contributed by atoms with Crippen molar-refractivity contribution >= 4 is 11.9 Å². The van der Waals surface area contributed by atoms with Crippen LogP contribution in [-0.2, 0) is 9.59 Å². The number of amides is 1. The maximum absolute atomic E-state index is 12.4. The van der Waals surface area contributed by atoms with Gasteiger partial charge in [-0.3, -0.25) is 14.5 Å². The first-order chi connectivity index (χ1) is 10.1. The molecule has 6 nitrogen and oxygen atoms in total. The number of rotatable bonds is 6. The molecular weight excluding hydrogens is 270 g/mol. The summed E-state index contributed by atoms with van der Waals surface area (Å²) in [5.41, 5.74) is 0. The predicted octanol–water partition coefficient (Wildman–Crippen LogP) is 0.384. The van der Waals surface area contributed by atoms with Crippen LogP contribution in [0.1, 0.15) is 32.6 Å². The van der Waals surface area contributed by atoms with Crippen LogP contribution in [-0.4, -0.2) is 72.1 Å². The summed E-state index contributed by atoms with van der Waals surface area (Å²) >= 11 is 0. The molecule has 2 N–H and O–H groups in total. The number of piperidine rings is 1. The largest absolute Gasteiger partial charge is 0.480 e. The number of carbonyl (C=O) groups excluding carboxylic acids is 1. The summed E-state index contributed by atoms with van der Waals surface area (Å²) < 4.78 is 0. The maximum Gasteiger partial charge on any atom is 0.317 e. The Morgan fingerprint density at radius 3 is 2.62 bits per heavy atom. The third-order valence-electron chi connectivity index (χ3n) is 4.58. The highest BCUT2D eigenvalue weighted by molar-refractivity contribution is 5.81. The number of nitrogens with zero attached hydrogens (tertiary/aromatic N) is 2. The fourth-order valence-electron chi connectivity index (χ4n) is 3.36. The zero-order chi connectivity index (χ0) is 15.2. The number of carboxylic acid groups (broad SMARTS) is 1. The molecule has 0 bridgehead atoms. The Hall–Kier alpha value is -1.14. The summed E-state index contributed by atoms with van der Waals surface area (Å²) in [5, 5.41) is 11.6. The molecule has 120 valence electrons. The van der Waals surface area contributed by atoms with Gasteiger partial charge in [-0.05, 0) is 51.6 Å². The first-order valence-electron chi connectivity index (χ1n) is 8.03. The molecule has 2 aliphatic heterocycles. The quantitative estimate of drug-likeness (QED) is 0.742. The Kier molecular flexibility index (Phi) is 5.99. The van der Waals surface area contributed by atoms with Crippen molar-refractivity contribution in [2.24, 2.45) is 5.92 Å². The van der Waals surface area contributed by atoms with Crippen molar-refractivity contribution in [3.8, 4) is 0 Å². The van der Waals surface area contributed by atoms with E-state index in [0.717, 1.165) is 51.9 Å². The summed E-state index contributed by atoms with van der Waals surface area (Å²) in [6.45, 7) is 6.39. The lowest BCUT2D eigenvalue weighted by molar-refractivity contribution is -0.136. The van der Waals surface area contributed by atoms with E-state index < -0.39 is 5.97 Å². The number of nitrogens with one attached hydrogen (secondary N) is 1. The van der Waals surface area contributed by atoms with Gasteiger partial charge in [0.05, 0.1) is 12.6 Å². The molecule has 2 unspecified atom stereocenters. The van der Waals surface area contributed by atoms with Gasteiger partial charge in [0.2, 0.25) is 5.91 Å². The van der Waals surface area contributed by atoms with Gasteiger partial charge in [-0.15, -0.1) is 0 Å². The zero-order valence-electron chi connectivity index (χ0n) is 12.9. The second-order valence-corrected chi connectivity index (χ2v) is 6.24. The monoisotopic (exact) mass is 297 g/mol. The number of likely N-dealkylation sites (tertiary alicyclic amines) is 2. The molecule has 2 fully saturated rings. The SMILES string of the molecule is CC(C(=O)N1CCCC1)N1CCCC(CNCC(=O)O)C1. The first kappa shape index (κ1) is 16.2. The average Bonchev–Trinajstić information content (AvgIpc) is 3.00. The van der Waals surface area contributed by atoms with Crippen molar-refractivity contribution in [1.29, 1.82) is 0 Å². The number of hydrogen-bond acceptors (Lipinski definition) is 4. The topological polar surface area (TPSA) is 72.9 Å². The van der Waals surface area contributed by atoms with Crippen molar-refractivity contribution in [3.05, 3.63) is 0 Å². The van der Waals surface area contributed by atoms with Gasteiger partial charge in [-0.2, -0.15) is 0 Å². The lowest BCUT2D eigenvalue weighted by Crippen LogP contribution is -2.51. The van der Waals surface area contributed by atoms with E-state index in [0.29, 0.717) is 12.5 Å². The van der Waals surface area contributed by atoms with Crippen LogP contribution in [0, 0.1) is 5.92 Å². The van der Waals surface area contributed by atoms with Gasteiger partial charge in [0.15, 0.2) is 0 Å². The lowest BCUT2D eigenvalue weighted by atomic mass is 9.96. The van der Waals surface area contributed by atoms with E-state index in [-0.39, 0.29) is 18.5 Å². The van der Waals surface area contributed by atoms with Gasteiger partial charge in [0, 0.05) is 19.6 Å². The Bertz CT molecular complexity index is 369. The normalized spacial score (nSPS) is 25.0. The molecule has 0 aromatic carbocycles. The van der Waals surface area contributed by atoms with Crippen molar-refractivity contribution in [2.45, 2.75) is 38.6 Å². The minimum absolute atomic E-state index is 0.0127. The van der Waals surface area contributed by atoms with E-state index in [4.69, 9.17) is 5.11 Å². The number of carboxylic acids is 1.